The zero-order valence-corrected chi connectivity index (χ0v) is 31.9. The summed E-state index contributed by atoms with van der Waals surface area (Å²) in [6.07, 6.45) is -5.64. The first-order chi connectivity index (χ1) is 25.6. The summed E-state index contributed by atoms with van der Waals surface area (Å²) in [7, 11) is -4.04. The highest BCUT2D eigenvalue weighted by Crippen LogP contribution is 2.48. The van der Waals surface area contributed by atoms with Crippen LogP contribution in [0.5, 0.6) is 5.75 Å². The number of anilines is 1. The Balaban J connectivity index is 1.25. The van der Waals surface area contributed by atoms with Gasteiger partial charge in [-0.15, -0.1) is 13.2 Å². The molecule has 4 aliphatic rings. The van der Waals surface area contributed by atoms with Crippen molar-refractivity contribution in [3.8, 4) is 5.75 Å². The average Bonchev–Trinajstić information content (AvgIpc) is 3.89. The van der Waals surface area contributed by atoms with E-state index in [1.165, 1.54) is 41.0 Å². The van der Waals surface area contributed by atoms with Gasteiger partial charge >= 0.3 is 12.5 Å². The molecule has 0 spiro atoms. The van der Waals surface area contributed by atoms with Crippen molar-refractivity contribution in [1.82, 2.24) is 19.8 Å². The van der Waals surface area contributed by atoms with Crippen LogP contribution in [0.4, 0.5) is 28.0 Å². The number of nitrogens with zero attached hydrogens (tertiary/aromatic N) is 2. The molecule has 6 rings (SSSR count). The number of benzene rings is 2. The second kappa shape index (κ2) is 14.2. The maximum Gasteiger partial charge on any atom is 0.573 e. The molecule has 3 fully saturated rings. The molecule has 2 saturated carbocycles. The van der Waals surface area contributed by atoms with Crippen LogP contribution in [0.15, 0.2) is 42.5 Å². The molecule has 2 aliphatic carbocycles. The van der Waals surface area contributed by atoms with Gasteiger partial charge in [-0.2, -0.15) is 0 Å². The number of halogens is 4. The second-order valence-electron chi connectivity index (χ2n) is 16.2. The van der Waals surface area contributed by atoms with Crippen molar-refractivity contribution in [3.63, 3.8) is 0 Å². The number of fused-ring (bicyclic) bond motifs is 1. The zero-order valence-electron chi connectivity index (χ0n) is 31.1. The van der Waals surface area contributed by atoms with Crippen LogP contribution in [0.25, 0.3) is 0 Å². The summed E-state index contributed by atoms with van der Waals surface area (Å²) in [5.74, 6) is -3.71. The third-order valence-corrected chi connectivity index (χ3v) is 13.1. The topological polar surface area (TPSA) is 163 Å². The second-order valence-corrected chi connectivity index (χ2v) is 18.4. The first-order valence-electron chi connectivity index (χ1n) is 18.1. The molecule has 0 radical (unpaired) electrons. The Kier molecular flexibility index (Phi) is 10.3. The molecular formula is C37H45F4N5O8S. The first-order valence-corrected chi connectivity index (χ1v) is 19.6. The van der Waals surface area contributed by atoms with E-state index in [-0.39, 0.29) is 38.2 Å². The van der Waals surface area contributed by atoms with Crippen LogP contribution in [0.3, 0.4) is 0 Å². The monoisotopic (exact) mass is 795 g/mol. The molecule has 3 N–H and O–H groups in total. The van der Waals surface area contributed by atoms with Gasteiger partial charge in [-0.25, -0.2) is 17.6 Å². The highest BCUT2D eigenvalue weighted by molar-refractivity contribution is 7.91. The van der Waals surface area contributed by atoms with Gasteiger partial charge in [0.1, 0.15) is 35.3 Å². The molecule has 2 heterocycles. The van der Waals surface area contributed by atoms with Gasteiger partial charge in [0, 0.05) is 30.3 Å². The van der Waals surface area contributed by atoms with Crippen LogP contribution in [0.1, 0.15) is 77.8 Å². The summed E-state index contributed by atoms with van der Waals surface area (Å²) < 4.78 is 90.3. The molecule has 2 aromatic rings. The van der Waals surface area contributed by atoms with Crippen LogP contribution < -0.4 is 20.1 Å². The van der Waals surface area contributed by atoms with Gasteiger partial charge in [-0.1, -0.05) is 52.3 Å². The average molecular weight is 796 g/mol. The molecular weight excluding hydrogens is 750 g/mol. The molecule has 0 bridgehead atoms. The maximum atomic E-state index is 14.6. The SMILES string of the molecule is CCC1C[C@]1(NC(=O)[C@@H]1C[C@@H](OC(=O)N2Cc3cccc(F)c3C2)CN1C(=O)[C@@H](Nc1cccc(OC(F)(F)F)c1)C(C)(C)C)C(=O)NS(=O)(=O)C1(C)CC1. The summed E-state index contributed by atoms with van der Waals surface area (Å²) in [6, 6.07) is 6.97. The number of sulfonamides is 1. The maximum absolute atomic E-state index is 14.6. The smallest absolute Gasteiger partial charge is 0.444 e. The Bertz CT molecular complexity index is 1990. The molecule has 300 valence electrons. The van der Waals surface area contributed by atoms with Gasteiger partial charge in [-0.3, -0.25) is 24.0 Å². The summed E-state index contributed by atoms with van der Waals surface area (Å²) in [5, 5.41) is 5.73. The fraction of sp³-hybridized carbons (Fsp3) is 0.568. The molecule has 4 amide bonds. The van der Waals surface area contributed by atoms with Crippen molar-refractivity contribution in [2.75, 3.05) is 11.9 Å². The molecule has 2 aromatic carbocycles. The molecule has 0 aromatic heterocycles. The Labute approximate surface area is 316 Å². The van der Waals surface area contributed by atoms with E-state index in [2.05, 4.69) is 20.1 Å². The molecule has 2 aliphatic heterocycles. The minimum atomic E-state index is -4.96. The van der Waals surface area contributed by atoms with Crippen LogP contribution in [0, 0.1) is 17.2 Å². The quantitative estimate of drug-likeness (QED) is 0.267. The lowest BCUT2D eigenvalue weighted by molar-refractivity contribution is -0.274. The number of hydrogen-bond donors (Lipinski definition) is 3. The molecule has 18 heteroatoms. The van der Waals surface area contributed by atoms with Gasteiger partial charge in [-0.05, 0) is 61.3 Å². The van der Waals surface area contributed by atoms with Gasteiger partial charge in [0.25, 0.3) is 5.91 Å². The molecule has 1 unspecified atom stereocenters. The van der Waals surface area contributed by atoms with Gasteiger partial charge < -0.3 is 25.0 Å². The van der Waals surface area contributed by atoms with E-state index in [1.807, 2.05) is 0 Å². The number of rotatable bonds is 11. The number of likely N-dealkylation sites (tertiary alicyclic amines) is 1. The Morgan fingerprint density at radius 1 is 1.04 bits per heavy atom. The summed E-state index contributed by atoms with van der Waals surface area (Å²) in [5.41, 5.74) is -1.40. The lowest BCUT2D eigenvalue weighted by Gasteiger charge is -2.36. The number of amides is 4. The fourth-order valence-corrected chi connectivity index (χ4v) is 8.57. The van der Waals surface area contributed by atoms with Crippen LogP contribution in [0.2, 0.25) is 0 Å². The standard InChI is InChI=1S/C37H45F4N5O8S/c1-6-22-17-36(22,32(49)44-55(51,52)35(5)13-14-35)43-30(47)28-16-25(53-33(50)45-18-21-9-7-12-27(38)26(21)20-45)19-46(28)31(48)29(34(2,3)4)42-23-10-8-11-24(15-23)54-37(39,40)41/h7-12,15,22,25,28-29,42H,6,13-14,16-20H2,1-5H3,(H,43,47)(H,44,49)/t22?,25-,28+,29-,36-/m1/s1. The first kappa shape index (κ1) is 40.1. The molecule has 5 atom stereocenters. The van der Waals surface area contributed by atoms with Crippen LogP contribution in [-0.4, -0.2) is 83.4 Å². The van der Waals surface area contributed by atoms with E-state index >= 15 is 0 Å². The van der Waals surface area contributed by atoms with Gasteiger partial charge in [0.15, 0.2) is 0 Å². The third kappa shape index (κ3) is 8.33. The van der Waals surface area contributed by atoms with E-state index in [9.17, 15) is 45.2 Å². The van der Waals surface area contributed by atoms with Crippen molar-refractivity contribution >= 4 is 39.5 Å². The van der Waals surface area contributed by atoms with E-state index in [0.717, 1.165) is 12.1 Å². The number of carbonyl (C=O) groups is 4. The summed E-state index contributed by atoms with van der Waals surface area (Å²) >= 11 is 0. The predicted molar refractivity (Wildman–Crippen MR) is 190 cm³/mol. The summed E-state index contributed by atoms with van der Waals surface area (Å²) in [4.78, 5) is 58.3. The number of carbonyl (C=O) groups excluding carboxylic acids is 4. The van der Waals surface area contributed by atoms with E-state index in [0.29, 0.717) is 30.4 Å². The van der Waals surface area contributed by atoms with Crippen LogP contribution >= 0.6 is 0 Å². The minimum Gasteiger partial charge on any atom is -0.444 e. The van der Waals surface area contributed by atoms with Crippen LogP contribution in [-0.2, 0) is 42.2 Å². The third-order valence-electron chi connectivity index (χ3n) is 11.0. The number of ether oxygens (including phenoxy) is 2. The largest absolute Gasteiger partial charge is 0.573 e. The number of hydrogen-bond acceptors (Lipinski definition) is 9. The number of alkyl halides is 3. The van der Waals surface area contributed by atoms with E-state index < -0.39 is 91.6 Å². The highest BCUT2D eigenvalue weighted by atomic mass is 32.2. The summed E-state index contributed by atoms with van der Waals surface area (Å²) in [6.45, 7) is 8.21. The van der Waals surface area contributed by atoms with Crippen molar-refractivity contribution in [2.45, 2.75) is 115 Å². The van der Waals surface area contributed by atoms with Crippen molar-refractivity contribution in [1.29, 1.82) is 0 Å². The minimum absolute atomic E-state index is 0.0504. The fourth-order valence-electron chi connectivity index (χ4n) is 7.26. The highest BCUT2D eigenvalue weighted by Gasteiger charge is 2.63. The Hall–Kier alpha value is -4.61. The van der Waals surface area contributed by atoms with E-state index in [4.69, 9.17) is 4.74 Å². The lowest BCUT2D eigenvalue weighted by atomic mass is 9.85. The predicted octanol–water partition coefficient (Wildman–Crippen LogP) is 4.96. The normalized spacial score (nSPS) is 24.7. The molecule has 55 heavy (non-hydrogen) atoms. The van der Waals surface area contributed by atoms with Crippen molar-refractivity contribution in [2.24, 2.45) is 11.3 Å². The zero-order chi connectivity index (χ0) is 40.3. The van der Waals surface area contributed by atoms with Crippen molar-refractivity contribution in [3.05, 3.63) is 59.4 Å². The van der Waals surface area contributed by atoms with Gasteiger partial charge in [0.2, 0.25) is 21.8 Å². The molecule has 13 nitrogen and oxygen atoms in total. The Morgan fingerprint density at radius 2 is 1.73 bits per heavy atom. The Morgan fingerprint density at radius 3 is 2.33 bits per heavy atom. The lowest BCUT2D eigenvalue weighted by Crippen LogP contribution is -2.59. The van der Waals surface area contributed by atoms with Crippen molar-refractivity contribution < 1.29 is 54.6 Å². The van der Waals surface area contributed by atoms with E-state index in [1.54, 1.807) is 33.8 Å². The van der Waals surface area contributed by atoms with Gasteiger partial charge in [0.05, 0.1) is 17.8 Å². The molecule has 1 saturated heterocycles. The number of nitrogens with one attached hydrogen (secondary N) is 3.